The number of hydrogen-bond acceptors (Lipinski definition) is 6. The number of carbonyl (C=O) groups excluding carboxylic acids is 3. The van der Waals surface area contributed by atoms with Crippen LogP contribution < -0.4 is 10.1 Å². The summed E-state index contributed by atoms with van der Waals surface area (Å²) in [6.07, 6.45) is 4.52. The maximum Gasteiger partial charge on any atom is 0.256 e. The Hall–Kier alpha value is -4.24. The number of piperidine rings is 1. The van der Waals surface area contributed by atoms with E-state index in [0.29, 0.717) is 50.2 Å². The quantitative estimate of drug-likeness (QED) is 0.506. The van der Waals surface area contributed by atoms with Crippen LogP contribution in [0.1, 0.15) is 34.3 Å². The predicted molar refractivity (Wildman–Crippen MR) is 144 cm³/mol. The van der Waals surface area contributed by atoms with E-state index in [1.807, 2.05) is 47.4 Å². The minimum atomic E-state index is -0.975. The highest BCUT2D eigenvalue weighted by atomic mass is 16.5. The van der Waals surface area contributed by atoms with Crippen LogP contribution in [0.25, 0.3) is 0 Å². The molecule has 0 saturated carbocycles. The fourth-order valence-electron chi connectivity index (χ4n) is 5.24. The van der Waals surface area contributed by atoms with Crippen molar-refractivity contribution in [3.05, 3.63) is 95.8 Å². The Balaban J connectivity index is 1.33. The van der Waals surface area contributed by atoms with Gasteiger partial charge >= 0.3 is 0 Å². The predicted octanol–water partition coefficient (Wildman–Crippen LogP) is 2.81. The molecule has 1 unspecified atom stereocenters. The number of amides is 3. The van der Waals surface area contributed by atoms with Crippen LogP contribution in [0.2, 0.25) is 0 Å². The topological polar surface area (TPSA) is 101 Å². The Morgan fingerprint density at radius 2 is 1.72 bits per heavy atom. The van der Waals surface area contributed by atoms with E-state index in [4.69, 9.17) is 9.47 Å². The highest BCUT2D eigenvalue weighted by Crippen LogP contribution is 2.39. The van der Waals surface area contributed by atoms with Gasteiger partial charge in [-0.25, -0.2) is 0 Å². The summed E-state index contributed by atoms with van der Waals surface area (Å²) in [6.45, 7) is 1.24. The smallest absolute Gasteiger partial charge is 0.256 e. The van der Waals surface area contributed by atoms with Gasteiger partial charge in [0.2, 0.25) is 11.8 Å². The van der Waals surface area contributed by atoms with E-state index in [1.165, 1.54) is 0 Å². The van der Waals surface area contributed by atoms with Gasteiger partial charge in [-0.1, -0.05) is 36.4 Å². The number of hydrogen-bond donors (Lipinski definition) is 1. The molecule has 5 rings (SSSR count). The van der Waals surface area contributed by atoms with Crippen LogP contribution >= 0.6 is 0 Å². The van der Waals surface area contributed by atoms with Crippen molar-refractivity contribution in [3.8, 4) is 5.75 Å². The normalized spacial score (nSPS) is 18.1. The number of pyridine rings is 1. The average Bonchev–Trinajstić information content (AvgIpc) is 3.35. The lowest BCUT2D eigenvalue weighted by atomic mass is 9.96. The Morgan fingerprint density at radius 3 is 2.38 bits per heavy atom. The first-order chi connectivity index (χ1) is 19.0. The molecule has 3 heterocycles. The molecule has 2 fully saturated rings. The van der Waals surface area contributed by atoms with Crippen LogP contribution in [-0.4, -0.2) is 71.1 Å². The first-order valence-electron chi connectivity index (χ1n) is 13.1. The van der Waals surface area contributed by atoms with Crippen LogP contribution in [0.4, 0.5) is 0 Å². The van der Waals surface area contributed by atoms with Gasteiger partial charge in [0.05, 0.1) is 20.1 Å². The van der Waals surface area contributed by atoms with E-state index in [2.05, 4.69) is 10.3 Å². The number of rotatable bonds is 7. The monoisotopic (exact) mass is 528 g/mol. The van der Waals surface area contributed by atoms with Gasteiger partial charge in [0.25, 0.3) is 5.91 Å². The second-order valence-corrected chi connectivity index (χ2v) is 9.80. The fraction of sp³-hybridized carbons (Fsp3) is 0.333. The summed E-state index contributed by atoms with van der Waals surface area (Å²) in [5.74, 6) is 0.0868. The van der Waals surface area contributed by atoms with E-state index >= 15 is 0 Å². The molecule has 3 aromatic rings. The average molecular weight is 529 g/mol. The molecule has 2 aliphatic rings. The Labute approximate surface area is 227 Å². The van der Waals surface area contributed by atoms with Crippen molar-refractivity contribution in [1.29, 1.82) is 0 Å². The van der Waals surface area contributed by atoms with Gasteiger partial charge in [0.15, 0.2) is 0 Å². The van der Waals surface area contributed by atoms with Gasteiger partial charge in [0, 0.05) is 50.4 Å². The molecule has 39 heavy (non-hydrogen) atoms. The third-order valence-corrected chi connectivity index (χ3v) is 7.40. The van der Waals surface area contributed by atoms with E-state index in [9.17, 15) is 14.4 Å². The van der Waals surface area contributed by atoms with Gasteiger partial charge in [-0.05, 0) is 41.5 Å². The van der Waals surface area contributed by atoms with Gasteiger partial charge in [-0.2, -0.15) is 0 Å². The Morgan fingerprint density at radius 1 is 1.00 bits per heavy atom. The fourth-order valence-corrected chi connectivity index (χ4v) is 5.24. The first kappa shape index (κ1) is 26.4. The molecule has 1 spiro atoms. The summed E-state index contributed by atoms with van der Waals surface area (Å²) in [6, 6.07) is 19.3. The molecular formula is C30H32N4O5. The Bertz CT molecular complexity index is 1290. The molecule has 0 radical (unpaired) electrons. The van der Waals surface area contributed by atoms with Crippen LogP contribution in [0.15, 0.2) is 79.1 Å². The van der Waals surface area contributed by atoms with E-state index in [0.717, 1.165) is 11.1 Å². The van der Waals surface area contributed by atoms with Crippen LogP contribution in [-0.2, 0) is 27.3 Å². The molecule has 0 bridgehead atoms. The minimum absolute atomic E-state index is 0.0350. The van der Waals surface area contributed by atoms with Crippen LogP contribution in [0.3, 0.4) is 0 Å². The largest absolute Gasteiger partial charge is 0.497 e. The molecule has 1 N–H and O–H groups in total. The molecule has 9 nitrogen and oxygen atoms in total. The second-order valence-electron chi connectivity index (χ2n) is 9.80. The van der Waals surface area contributed by atoms with Crippen molar-refractivity contribution in [2.75, 3.05) is 26.8 Å². The number of benzene rings is 2. The molecule has 202 valence electrons. The highest BCUT2D eigenvalue weighted by molar-refractivity contribution is 5.98. The van der Waals surface area contributed by atoms with Crippen molar-refractivity contribution in [3.63, 3.8) is 0 Å². The number of carbonyl (C=O) groups is 3. The van der Waals surface area contributed by atoms with E-state index in [1.54, 1.807) is 48.7 Å². The van der Waals surface area contributed by atoms with Crippen molar-refractivity contribution in [2.45, 2.75) is 37.6 Å². The summed E-state index contributed by atoms with van der Waals surface area (Å²) in [4.78, 5) is 47.8. The molecular weight excluding hydrogens is 496 g/mol. The molecule has 1 aromatic heterocycles. The highest BCUT2D eigenvalue weighted by Gasteiger charge is 2.54. The summed E-state index contributed by atoms with van der Waals surface area (Å²) >= 11 is 0. The number of ether oxygens (including phenoxy) is 2. The zero-order chi connectivity index (χ0) is 27.2. The van der Waals surface area contributed by atoms with E-state index in [-0.39, 0.29) is 24.3 Å². The lowest BCUT2D eigenvalue weighted by Crippen LogP contribution is -2.59. The van der Waals surface area contributed by atoms with Crippen LogP contribution in [0, 0.1) is 0 Å². The molecule has 2 saturated heterocycles. The molecule has 9 heteroatoms. The third kappa shape index (κ3) is 5.78. The summed E-state index contributed by atoms with van der Waals surface area (Å²) in [5.41, 5.74) is 1.28. The zero-order valence-electron chi connectivity index (χ0n) is 21.9. The van der Waals surface area contributed by atoms with E-state index < -0.39 is 11.8 Å². The summed E-state index contributed by atoms with van der Waals surface area (Å²) in [5, 5.41) is 2.93. The maximum atomic E-state index is 13.9. The first-order valence-corrected chi connectivity index (χ1v) is 13.1. The zero-order valence-corrected chi connectivity index (χ0v) is 21.9. The van der Waals surface area contributed by atoms with Crippen molar-refractivity contribution >= 4 is 17.7 Å². The third-order valence-electron chi connectivity index (χ3n) is 7.40. The second kappa shape index (κ2) is 11.7. The number of aromatic nitrogens is 1. The molecule has 0 aliphatic carbocycles. The Kier molecular flexibility index (Phi) is 7.88. The number of nitrogens with zero attached hydrogens (tertiary/aromatic N) is 3. The van der Waals surface area contributed by atoms with Gasteiger partial charge in [-0.3, -0.25) is 24.3 Å². The number of nitrogens with one attached hydrogen (secondary N) is 1. The number of methoxy groups -OCH3 is 1. The van der Waals surface area contributed by atoms with Gasteiger partial charge in [0.1, 0.15) is 17.5 Å². The minimum Gasteiger partial charge on any atom is -0.497 e. The standard InChI is InChI=1S/C30H32N4O5/c1-38-25-11-9-24(10-12-25)29(37)34-26(28(36)32-20-23-8-5-15-31-19-23)21-39-30(34)13-16-33(17-14-30)27(35)18-22-6-3-2-4-7-22/h2-12,15,19,26H,13-14,16-18,20-21H2,1H3,(H,32,36). The van der Waals surface area contributed by atoms with Crippen molar-refractivity contribution in [2.24, 2.45) is 0 Å². The van der Waals surface area contributed by atoms with Gasteiger partial charge in [-0.15, -0.1) is 0 Å². The van der Waals surface area contributed by atoms with Crippen LogP contribution in [0.5, 0.6) is 5.75 Å². The lowest BCUT2D eigenvalue weighted by molar-refractivity contribution is -0.143. The summed E-state index contributed by atoms with van der Waals surface area (Å²) < 4.78 is 11.5. The van der Waals surface area contributed by atoms with Crippen molar-refractivity contribution in [1.82, 2.24) is 20.1 Å². The lowest BCUT2D eigenvalue weighted by Gasteiger charge is -2.44. The molecule has 3 amide bonds. The number of likely N-dealkylation sites (tertiary alicyclic amines) is 1. The molecule has 1 atom stereocenters. The SMILES string of the molecule is COc1ccc(C(=O)N2C(C(=O)NCc3cccnc3)COC23CCN(C(=O)Cc2ccccc2)CC3)cc1. The summed E-state index contributed by atoms with van der Waals surface area (Å²) in [7, 11) is 1.57. The van der Waals surface area contributed by atoms with Crippen molar-refractivity contribution < 1.29 is 23.9 Å². The van der Waals surface area contributed by atoms with Gasteiger partial charge < -0.3 is 19.7 Å². The molecule has 2 aliphatic heterocycles. The molecule has 2 aromatic carbocycles. The maximum absolute atomic E-state index is 13.9.